The fourth-order valence-corrected chi connectivity index (χ4v) is 4.73. The summed E-state index contributed by atoms with van der Waals surface area (Å²) in [6.07, 6.45) is -1.12. The van der Waals surface area contributed by atoms with Crippen LogP contribution in [0.2, 0.25) is 5.02 Å². The second-order valence-electron chi connectivity index (χ2n) is 9.88. The Kier molecular flexibility index (Phi) is 9.19. The molecule has 1 saturated heterocycles. The lowest BCUT2D eigenvalue weighted by Gasteiger charge is -2.29. The predicted octanol–water partition coefficient (Wildman–Crippen LogP) is 5.60. The number of rotatable bonds is 10. The number of halogens is 2. The second kappa shape index (κ2) is 12.5. The summed E-state index contributed by atoms with van der Waals surface area (Å²) >= 11 is 5.98. The third-order valence-corrected chi connectivity index (χ3v) is 6.74. The Balaban J connectivity index is 1.43. The Morgan fingerprint density at radius 1 is 1.05 bits per heavy atom. The summed E-state index contributed by atoms with van der Waals surface area (Å²) in [6.45, 7) is 5.19. The van der Waals surface area contributed by atoms with Gasteiger partial charge in [0.15, 0.2) is 0 Å². The van der Waals surface area contributed by atoms with Crippen LogP contribution < -0.4 is 10.1 Å². The summed E-state index contributed by atoms with van der Waals surface area (Å²) in [5.74, 6) is 0.521. The third-order valence-electron chi connectivity index (χ3n) is 6.49. The normalized spacial score (nSPS) is 17.5. The van der Waals surface area contributed by atoms with E-state index >= 15 is 0 Å². The summed E-state index contributed by atoms with van der Waals surface area (Å²) in [5, 5.41) is 14.9. The maximum absolute atomic E-state index is 13.8. The molecule has 1 heterocycles. The number of benzene rings is 3. The van der Waals surface area contributed by atoms with E-state index in [4.69, 9.17) is 16.3 Å². The van der Waals surface area contributed by atoms with Crippen molar-refractivity contribution in [2.75, 3.05) is 19.6 Å². The highest BCUT2D eigenvalue weighted by atomic mass is 35.5. The van der Waals surface area contributed by atoms with Crippen LogP contribution in [0.4, 0.5) is 4.39 Å². The first-order valence-corrected chi connectivity index (χ1v) is 13.1. The van der Waals surface area contributed by atoms with Crippen molar-refractivity contribution in [1.82, 2.24) is 10.2 Å². The smallest absolute Gasteiger partial charge is 0.224 e. The van der Waals surface area contributed by atoms with Gasteiger partial charge in [-0.25, -0.2) is 4.39 Å². The summed E-state index contributed by atoms with van der Waals surface area (Å²) in [5.41, 5.74) is 3.62. The topological polar surface area (TPSA) is 61.8 Å². The molecule has 5 nitrogen and oxygen atoms in total. The van der Waals surface area contributed by atoms with Crippen LogP contribution in [0.3, 0.4) is 0 Å². The molecule has 7 heteroatoms. The highest BCUT2D eigenvalue weighted by Crippen LogP contribution is 2.24. The van der Waals surface area contributed by atoms with Gasteiger partial charge in [0.25, 0.3) is 0 Å². The number of likely N-dealkylation sites (tertiary alicyclic amines) is 1. The summed E-state index contributed by atoms with van der Waals surface area (Å²) in [4.78, 5) is 15.0. The van der Waals surface area contributed by atoms with Gasteiger partial charge >= 0.3 is 0 Å². The fraction of sp³-hybridized carbons (Fsp3) is 0.367. The number of hydrogen-bond acceptors (Lipinski definition) is 4. The number of nitrogens with one attached hydrogen (secondary N) is 1. The van der Waals surface area contributed by atoms with E-state index in [0.717, 1.165) is 16.7 Å². The minimum atomic E-state index is -0.942. The van der Waals surface area contributed by atoms with Crippen molar-refractivity contribution in [3.05, 3.63) is 88.9 Å². The van der Waals surface area contributed by atoms with E-state index < -0.39 is 18.3 Å². The van der Waals surface area contributed by atoms with Crippen molar-refractivity contribution in [3.8, 4) is 16.9 Å². The van der Waals surface area contributed by atoms with E-state index in [9.17, 15) is 14.3 Å². The molecule has 1 amide bonds. The van der Waals surface area contributed by atoms with Crippen molar-refractivity contribution in [1.29, 1.82) is 0 Å². The molecule has 2 N–H and O–H groups in total. The zero-order valence-corrected chi connectivity index (χ0v) is 22.0. The molecule has 3 aromatic rings. The Labute approximate surface area is 223 Å². The predicted molar refractivity (Wildman–Crippen MR) is 146 cm³/mol. The minimum Gasteiger partial charge on any atom is -0.491 e. The monoisotopic (exact) mass is 524 g/mol. The number of carbonyl (C=O) groups excluding carboxylic acids is 1. The van der Waals surface area contributed by atoms with Crippen molar-refractivity contribution in [2.45, 2.75) is 51.1 Å². The molecular formula is C30H34ClFN2O3. The molecular weight excluding hydrogens is 491 g/mol. The molecule has 196 valence electrons. The molecule has 0 saturated carbocycles. The Morgan fingerprint density at radius 3 is 2.24 bits per heavy atom. The van der Waals surface area contributed by atoms with E-state index in [-0.39, 0.29) is 18.4 Å². The molecule has 1 fully saturated rings. The fourth-order valence-electron chi connectivity index (χ4n) is 4.60. The van der Waals surface area contributed by atoms with Crippen LogP contribution in [0.1, 0.15) is 37.5 Å². The van der Waals surface area contributed by atoms with E-state index in [1.807, 2.05) is 79.4 Å². The third kappa shape index (κ3) is 7.78. The lowest BCUT2D eigenvalue weighted by atomic mass is 10.0. The average molecular weight is 525 g/mol. The molecule has 3 atom stereocenters. The number of aliphatic hydroxyl groups is 1. The van der Waals surface area contributed by atoms with Crippen molar-refractivity contribution in [2.24, 2.45) is 0 Å². The summed E-state index contributed by atoms with van der Waals surface area (Å²) in [7, 11) is 0. The van der Waals surface area contributed by atoms with Crippen LogP contribution >= 0.6 is 11.6 Å². The van der Waals surface area contributed by atoms with Gasteiger partial charge in [-0.3, -0.25) is 9.69 Å². The first-order valence-electron chi connectivity index (χ1n) is 12.7. The highest BCUT2D eigenvalue weighted by molar-refractivity contribution is 6.30. The Bertz CT molecular complexity index is 1150. The SMILES string of the molecule is CC(C)Oc1ccc([C@@H](O)[C@@H](CN2CC[C@@H](F)C2)NC(=O)Cc2ccc(-c3ccc(Cl)cc3)cc2)cc1. The maximum atomic E-state index is 13.8. The first-order chi connectivity index (χ1) is 17.8. The number of alkyl halides is 1. The molecule has 0 bridgehead atoms. The molecule has 1 aliphatic rings. The maximum Gasteiger partial charge on any atom is 0.224 e. The number of hydrogen-bond donors (Lipinski definition) is 2. The van der Waals surface area contributed by atoms with Gasteiger partial charge in [0.1, 0.15) is 18.0 Å². The van der Waals surface area contributed by atoms with Gasteiger partial charge < -0.3 is 15.2 Å². The standard InChI is InChI=1S/C30H34ClFN2O3/c1-20(2)37-27-13-9-24(10-14-27)30(36)28(19-34-16-15-26(32)18-34)33-29(35)17-21-3-5-22(6-4-21)23-7-11-25(31)12-8-23/h3-14,20,26,28,30,36H,15-19H2,1-2H3,(H,33,35)/t26-,28-,30-/m1/s1. The molecule has 0 aliphatic carbocycles. The molecule has 3 aromatic carbocycles. The van der Waals surface area contributed by atoms with Crippen LogP contribution in [0.25, 0.3) is 11.1 Å². The van der Waals surface area contributed by atoms with Crippen molar-refractivity contribution >= 4 is 17.5 Å². The molecule has 4 rings (SSSR count). The van der Waals surface area contributed by atoms with Crippen LogP contribution in [-0.4, -0.2) is 53.9 Å². The van der Waals surface area contributed by atoms with E-state index in [2.05, 4.69) is 5.32 Å². The molecule has 0 aromatic heterocycles. The lowest BCUT2D eigenvalue weighted by molar-refractivity contribution is -0.122. The van der Waals surface area contributed by atoms with Gasteiger partial charge in [0.2, 0.25) is 5.91 Å². The number of carbonyl (C=O) groups is 1. The van der Waals surface area contributed by atoms with Crippen LogP contribution in [0.5, 0.6) is 5.75 Å². The van der Waals surface area contributed by atoms with Gasteiger partial charge in [-0.05, 0) is 66.8 Å². The summed E-state index contributed by atoms with van der Waals surface area (Å²) < 4.78 is 19.5. The summed E-state index contributed by atoms with van der Waals surface area (Å²) in [6, 6.07) is 22.1. The molecule has 1 aliphatic heterocycles. The van der Waals surface area contributed by atoms with Gasteiger partial charge in [-0.2, -0.15) is 0 Å². The average Bonchev–Trinajstić information content (AvgIpc) is 3.29. The van der Waals surface area contributed by atoms with Crippen molar-refractivity contribution < 1.29 is 19.0 Å². The number of ether oxygens (including phenoxy) is 1. The highest BCUT2D eigenvalue weighted by Gasteiger charge is 2.29. The molecule has 0 unspecified atom stereocenters. The van der Waals surface area contributed by atoms with E-state index in [1.165, 1.54) is 0 Å². The van der Waals surface area contributed by atoms with Crippen molar-refractivity contribution in [3.63, 3.8) is 0 Å². The van der Waals surface area contributed by atoms with Crippen LogP contribution in [0.15, 0.2) is 72.8 Å². The van der Waals surface area contributed by atoms with E-state index in [1.54, 1.807) is 12.1 Å². The minimum absolute atomic E-state index is 0.0480. The number of nitrogens with zero attached hydrogens (tertiary/aromatic N) is 1. The van der Waals surface area contributed by atoms with Gasteiger partial charge in [-0.15, -0.1) is 0 Å². The van der Waals surface area contributed by atoms with Gasteiger partial charge in [0, 0.05) is 24.7 Å². The van der Waals surface area contributed by atoms with E-state index in [0.29, 0.717) is 42.4 Å². The number of aliphatic hydroxyl groups excluding tert-OH is 1. The van der Waals surface area contributed by atoms with Gasteiger partial charge in [-0.1, -0.05) is 60.1 Å². The first kappa shape index (κ1) is 27.1. The zero-order chi connectivity index (χ0) is 26.4. The zero-order valence-electron chi connectivity index (χ0n) is 21.2. The van der Waals surface area contributed by atoms with Gasteiger partial charge in [0.05, 0.1) is 18.6 Å². The lowest BCUT2D eigenvalue weighted by Crippen LogP contribution is -2.47. The quantitative estimate of drug-likeness (QED) is 0.362. The molecule has 0 radical (unpaired) electrons. The molecule has 37 heavy (non-hydrogen) atoms. The largest absolute Gasteiger partial charge is 0.491 e. The van der Waals surface area contributed by atoms with Crippen LogP contribution in [-0.2, 0) is 11.2 Å². The molecule has 0 spiro atoms. The Hall–Kier alpha value is -2.93. The van der Waals surface area contributed by atoms with Crippen LogP contribution in [0, 0.1) is 0 Å². The Morgan fingerprint density at radius 2 is 1.68 bits per heavy atom. The number of amides is 1. The second-order valence-corrected chi connectivity index (χ2v) is 10.3.